The third-order valence-corrected chi connectivity index (χ3v) is 7.92. The second-order valence-electron chi connectivity index (χ2n) is 11.1. The molecule has 0 radical (unpaired) electrons. The summed E-state index contributed by atoms with van der Waals surface area (Å²) in [4.78, 5) is 40.8. The number of hydrogen-bond donors (Lipinski definition) is 1. The van der Waals surface area contributed by atoms with Crippen molar-refractivity contribution in [3.8, 4) is 0 Å². The van der Waals surface area contributed by atoms with Gasteiger partial charge >= 0.3 is 5.97 Å². The van der Waals surface area contributed by atoms with Crippen LogP contribution in [0.2, 0.25) is 0 Å². The van der Waals surface area contributed by atoms with E-state index in [-0.39, 0.29) is 41.1 Å². The van der Waals surface area contributed by atoms with E-state index in [1.54, 1.807) is 16.8 Å². The lowest BCUT2D eigenvalue weighted by Crippen LogP contribution is -2.60. The fourth-order valence-corrected chi connectivity index (χ4v) is 7.87. The molecule has 4 aliphatic carbocycles. The van der Waals surface area contributed by atoms with Crippen molar-refractivity contribution in [3.05, 3.63) is 0 Å². The monoisotopic (exact) mass is 390 g/mol. The maximum Gasteiger partial charge on any atom is 0.308 e. The van der Waals surface area contributed by atoms with Crippen molar-refractivity contribution in [2.75, 3.05) is 26.7 Å². The Hall–Kier alpha value is -1.59. The van der Waals surface area contributed by atoms with Crippen molar-refractivity contribution in [3.63, 3.8) is 0 Å². The zero-order valence-corrected chi connectivity index (χ0v) is 17.5. The van der Waals surface area contributed by atoms with Gasteiger partial charge in [0.2, 0.25) is 11.8 Å². The van der Waals surface area contributed by atoms with E-state index < -0.39 is 11.9 Å². The summed E-state index contributed by atoms with van der Waals surface area (Å²) in [7, 11) is 1.75. The third kappa shape index (κ3) is 3.33. The first-order valence-electron chi connectivity index (χ1n) is 10.8. The smallest absolute Gasteiger partial charge is 0.308 e. The van der Waals surface area contributed by atoms with Gasteiger partial charge in [0.15, 0.2) is 0 Å². The summed E-state index contributed by atoms with van der Waals surface area (Å²) in [6.07, 6.45) is 7.91. The Labute approximate surface area is 167 Å². The molecule has 5 fully saturated rings. The zero-order valence-electron chi connectivity index (χ0n) is 17.5. The summed E-state index contributed by atoms with van der Waals surface area (Å²) in [5, 5.41) is 9.25. The number of amides is 2. The van der Waals surface area contributed by atoms with Gasteiger partial charge in [0.05, 0.1) is 17.9 Å². The number of likely N-dealkylation sites (tertiary alicyclic amines) is 1. The molecule has 0 aromatic heterocycles. The number of aliphatic carboxylic acids is 1. The molecule has 1 aliphatic heterocycles. The lowest BCUT2D eigenvalue weighted by Gasteiger charge is -2.65. The van der Waals surface area contributed by atoms with Gasteiger partial charge in [-0.25, -0.2) is 0 Å². The fraction of sp³-hybridized carbons (Fsp3) is 0.864. The van der Waals surface area contributed by atoms with Crippen molar-refractivity contribution in [2.24, 2.45) is 28.1 Å². The molecule has 1 N–H and O–H groups in total. The lowest BCUT2D eigenvalue weighted by atomic mass is 9.40. The Kier molecular flexibility index (Phi) is 4.55. The minimum absolute atomic E-state index is 0.0605. The van der Waals surface area contributed by atoms with Gasteiger partial charge in [-0.05, 0) is 68.1 Å². The fourth-order valence-electron chi connectivity index (χ4n) is 7.87. The van der Waals surface area contributed by atoms with E-state index in [2.05, 4.69) is 13.8 Å². The number of likely N-dealkylation sites (N-methyl/N-ethyl adjacent to an activating group) is 1. The zero-order chi connectivity index (χ0) is 20.3. The highest BCUT2D eigenvalue weighted by molar-refractivity contribution is 5.88. The molecule has 5 rings (SSSR count). The topological polar surface area (TPSA) is 77.9 Å². The Morgan fingerprint density at radius 1 is 1.07 bits per heavy atom. The van der Waals surface area contributed by atoms with Crippen LogP contribution in [0.5, 0.6) is 0 Å². The van der Waals surface area contributed by atoms with Crippen LogP contribution in [0.25, 0.3) is 0 Å². The summed E-state index contributed by atoms with van der Waals surface area (Å²) in [5.74, 6) is -0.672. The molecule has 6 nitrogen and oxygen atoms in total. The van der Waals surface area contributed by atoms with Gasteiger partial charge in [0.25, 0.3) is 0 Å². The molecule has 1 heterocycles. The van der Waals surface area contributed by atoms with E-state index in [1.807, 2.05) is 0 Å². The predicted molar refractivity (Wildman–Crippen MR) is 104 cm³/mol. The van der Waals surface area contributed by atoms with Gasteiger partial charge in [0.1, 0.15) is 0 Å². The lowest BCUT2D eigenvalue weighted by molar-refractivity contribution is -0.179. The Bertz CT molecular complexity index is 687. The van der Waals surface area contributed by atoms with Crippen LogP contribution >= 0.6 is 0 Å². The van der Waals surface area contributed by atoms with Crippen molar-refractivity contribution >= 4 is 17.8 Å². The van der Waals surface area contributed by atoms with Crippen LogP contribution in [0.15, 0.2) is 0 Å². The standard InChI is InChI=1S/C22H34N2O4/c1-20-7-15-8-21(2,12-20)14-22(9-15,13-20)19(28)23(3)11-17(25)24-6-4-5-16(10-24)18(26)27/h15-16H,4-14H2,1-3H3,(H,26,27). The van der Waals surface area contributed by atoms with E-state index in [0.29, 0.717) is 25.3 Å². The summed E-state index contributed by atoms with van der Waals surface area (Å²) in [6.45, 7) is 5.62. The van der Waals surface area contributed by atoms with Crippen molar-refractivity contribution < 1.29 is 19.5 Å². The Balaban J connectivity index is 1.44. The van der Waals surface area contributed by atoms with Crippen molar-refractivity contribution in [2.45, 2.75) is 65.2 Å². The minimum atomic E-state index is -0.836. The molecular formula is C22H34N2O4. The van der Waals surface area contributed by atoms with Crippen LogP contribution in [0.1, 0.15) is 65.2 Å². The van der Waals surface area contributed by atoms with Crippen LogP contribution < -0.4 is 0 Å². The minimum Gasteiger partial charge on any atom is -0.481 e. The molecule has 28 heavy (non-hydrogen) atoms. The average Bonchev–Trinajstić information content (AvgIpc) is 2.57. The maximum absolute atomic E-state index is 13.5. The molecule has 4 bridgehead atoms. The molecule has 3 unspecified atom stereocenters. The average molecular weight is 391 g/mol. The third-order valence-electron chi connectivity index (χ3n) is 7.92. The number of carbonyl (C=O) groups excluding carboxylic acids is 2. The second-order valence-corrected chi connectivity index (χ2v) is 11.1. The van der Waals surface area contributed by atoms with E-state index in [1.165, 1.54) is 19.3 Å². The van der Waals surface area contributed by atoms with Gasteiger partial charge in [-0.1, -0.05) is 13.8 Å². The molecule has 2 amide bonds. The number of rotatable bonds is 4. The summed E-state index contributed by atoms with van der Waals surface area (Å²) >= 11 is 0. The molecule has 5 aliphatic rings. The first-order chi connectivity index (χ1) is 13.0. The van der Waals surface area contributed by atoms with Crippen LogP contribution in [-0.2, 0) is 14.4 Å². The quantitative estimate of drug-likeness (QED) is 0.801. The van der Waals surface area contributed by atoms with Crippen LogP contribution in [0.4, 0.5) is 0 Å². The van der Waals surface area contributed by atoms with Crippen molar-refractivity contribution in [1.82, 2.24) is 9.80 Å². The number of piperidine rings is 1. The number of carbonyl (C=O) groups is 3. The Morgan fingerprint density at radius 3 is 2.29 bits per heavy atom. The molecule has 156 valence electrons. The molecule has 0 aromatic carbocycles. The number of carboxylic acids is 1. The second kappa shape index (κ2) is 6.46. The van der Waals surface area contributed by atoms with E-state index in [4.69, 9.17) is 0 Å². The van der Waals surface area contributed by atoms with Crippen LogP contribution in [-0.4, -0.2) is 59.4 Å². The SMILES string of the molecule is CN(CC(=O)N1CCCC(C(=O)O)C1)C(=O)C12CC3CC(C)(CC(C)(C3)C1)C2. The highest BCUT2D eigenvalue weighted by atomic mass is 16.4. The summed E-state index contributed by atoms with van der Waals surface area (Å²) in [5.41, 5.74) is 0.218. The molecule has 0 spiro atoms. The van der Waals surface area contributed by atoms with Gasteiger partial charge in [-0.2, -0.15) is 0 Å². The normalized spacial score (nSPS) is 41.8. The number of nitrogens with zero attached hydrogens (tertiary/aromatic N) is 2. The van der Waals surface area contributed by atoms with Crippen LogP contribution in [0.3, 0.4) is 0 Å². The molecule has 6 heteroatoms. The first-order valence-corrected chi connectivity index (χ1v) is 10.8. The first kappa shape index (κ1) is 19.7. The van der Waals surface area contributed by atoms with Gasteiger partial charge in [-0.15, -0.1) is 0 Å². The van der Waals surface area contributed by atoms with Gasteiger partial charge in [0, 0.05) is 20.1 Å². The highest BCUT2D eigenvalue weighted by Gasteiger charge is 2.63. The van der Waals surface area contributed by atoms with E-state index >= 15 is 0 Å². The predicted octanol–water partition coefficient (Wildman–Crippen LogP) is 2.76. The van der Waals surface area contributed by atoms with E-state index in [9.17, 15) is 19.5 Å². The van der Waals surface area contributed by atoms with Gasteiger partial charge in [-0.3, -0.25) is 14.4 Å². The van der Waals surface area contributed by atoms with Gasteiger partial charge < -0.3 is 14.9 Å². The largest absolute Gasteiger partial charge is 0.481 e. The maximum atomic E-state index is 13.5. The van der Waals surface area contributed by atoms with Crippen molar-refractivity contribution in [1.29, 1.82) is 0 Å². The Morgan fingerprint density at radius 2 is 1.71 bits per heavy atom. The van der Waals surface area contributed by atoms with E-state index in [0.717, 1.165) is 19.3 Å². The molecular weight excluding hydrogens is 356 g/mol. The summed E-state index contributed by atoms with van der Waals surface area (Å²) in [6, 6.07) is 0. The number of carboxylic acid groups (broad SMARTS) is 1. The van der Waals surface area contributed by atoms with Crippen LogP contribution in [0, 0.1) is 28.1 Å². The molecule has 0 aromatic rings. The summed E-state index contributed by atoms with van der Waals surface area (Å²) < 4.78 is 0. The number of hydrogen-bond acceptors (Lipinski definition) is 3. The molecule has 4 saturated carbocycles. The molecule has 3 atom stereocenters. The highest BCUT2D eigenvalue weighted by Crippen LogP contribution is 2.69. The molecule has 1 saturated heterocycles.